The highest BCUT2D eigenvalue weighted by molar-refractivity contribution is 6.00. The summed E-state index contributed by atoms with van der Waals surface area (Å²) in [6, 6.07) is 30.4. The molecule has 0 unspecified atom stereocenters. The molecule has 6 heteroatoms. The van der Waals surface area contributed by atoms with E-state index in [0.29, 0.717) is 18.8 Å². The van der Waals surface area contributed by atoms with Crippen molar-refractivity contribution in [3.05, 3.63) is 120 Å². The molecule has 6 rings (SSSR count). The van der Waals surface area contributed by atoms with Gasteiger partial charge < -0.3 is 26.1 Å². The van der Waals surface area contributed by atoms with Gasteiger partial charge in [0.2, 0.25) is 0 Å². The largest absolute Gasteiger partial charge is 0.457 e. The second-order valence-corrected chi connectivity index (χ2v) is 10.1. The summed E-state index contributed by atoms with van der Waals surface area (Å²) in [6.07, 6.45) is 4.46. The molecule has 6 nitrogen and oxygen atoms in total. The van der Waals surface area contributed by atoms with Crippen LogP contribution in [0.25, 0.3) is 21.7 Å². The summed E-state index contributed by atoms with van der Waals surface area (Å²) in [7, 11) is 0. The first kappa shape index (κ1) is 24.9. The van der Waals surface area contributed by atoms with Crippen LogP contribution in [0, 0.1) is 0 Å². The number of nitrogens with zero attached hydrogens (tertiary/aromatic N) is 1. The van der Waals surface area contributed by atoms with Gasteiger partial charge in [-0.2, -0.15) is 0 Å². The lowest BCUT2D eigenvalue weighted by Crippen LogP contribution is -2.30. The average Bonchev–Trinajstić information content (AvgIpc) is 3.32. The van der Waals surface area contributed by atoms with Crippen LogP contribution in [0.3, 0.4) is 0 Å². The zero-order valence-electron chi connectivity index (χ0n) is 21.8. The Kier molecular flexibility index (Phi) is 6.88. The number of carbonyl (C=O) groups is 1. The zero-order chi connectivity index (χ0) is 26.8. The molecule has 0 saturated carbocycles. The van der Waals surface area contributed by atoms with E-state index in [0.717, 1.165) is 69.3 Å². The minimum Gasteiger partial charge on any atom is -0.457 e. The van der Waals surface area contributed by atoms with Crippen molar-refractivity contribution < 1.29 is 9.53 Å². The number of hydrogen-bond donors (Lipinski definition) is 3. The maximum Gasteiger partial charge on any atom is 0.272 e. The molecule has 1 aliphatic rings. The molecule has 4 aromatic carbocycles. The highest BCUT2D eigenvalue weighted by atomic mass is 16.5. The lowest BCUT2D eigenvalue weighted by molar-refractivity contribution is 0.0955. The molecule has 0 spiro atoms. The number of rotatable bonds is 7. The molecule has 0 bridgehead atoms. The number of carbonyl (C=O) groups excluding carboxylic acids is 1. The molecule has 1 atom stereocenters. The van der Waals surface area contributed by atoms with Crippen molar-refractivity contribution in [2.75, 3.05) is 0 Å². The van der Waals surface area contributed by atoms with Crippen molar-refractivity contribution in [3.63, 3.8) is 0 Å². The van der Waals surface area contributed by atoms with Crippen molar-refractivity contribution in [1.82, 2.24) is 9.88 Å². The Bertz CT molecular complexity index is 1690. The van der Waals surface area contributed by atoms with E-state index < -0.39 is 0 Å². The van der Waals surface area contributed by atoms with E-state index in [1.165, 1.54) is 0 Å². The van der Waals surface area contributed by atoms with Crippen LogP contribution in [0.15, 0.2) is 103 Å². The number of hydrogen-bond acceptors (Lipinski definition) is 4. The Balaban J connectivity index is 1.43. The maximum absolute atomic E-state index is 13.6. The average molecular weight is 517 g/mol. The van der Waals surface area contributed by atoms with Crippen molar-refractivity contribution in [2.24, 2.45) is 11.5 Å². The highest BCUT2D eigenvalue weighted by Gasteiger charge is 2.20. The molecule has 39 heavy (non-hydrogen) atoms. The number of fused-ring (bicyclic) bond motifs is 2. The van der Waals surface area contributed by atoms with E-state index in [9.17, 15) is 4.79 Å². The summed E-state index contributed by atoms with van der Waals surface area (Å²) in [5, 5.41) is 6.34. The molecule has 1 aromatic heterocycles. The molecule has 1 amide bonds. The lowest BCUT2D eigenvalue weighted by atomic mass is 10.00. The molecule has 0 aliphatic heterocycles. The number of ether oxygens (including phenoxy) is 1. The van der Waals surface area contributed by atoms with Gasteiger partial charge in [0.15, 0.2) is 0 Å². The third kappa shape index (κ3) is 5.30. The second-order valence-electron chi connectivity index (χ2n) is 10.1. The molecule has 1 aliphatic carbocycles. The second kappa shape index (κ2) is 10.8. The zero-order valence-corrected chi connectivity index (χ0v) is 21.8. The Morgan fingerprint density at radius 2 is 1.74 bits per heavy atom. The molecule has 0 saturated heterocycles. The van der Waals surface area contributed by atoms with Crippen LogP contribution in [0.5, 0.6) is 11.5 Å². The molecular formula is C33H32N4O2. The third-order valence-electron chi connectivity index (χ3n) is 7.39. The van der Waals surface area contributed by atoms with Gasteiger partial charge in [0, 0.05) is 35.7 Å². The Labute approximate surface area is 227 Å². The van der Waals surface area contributed by atoms with Gasteiger partial charge >= 0.3 is 0 Å². The molecule has 5 N–H and O–H groups in total. The Morgan fingerprint density at radius 3 is 2.54 bits per heavy atom. The van der Waals surface area contributed by atoms with Gasteiger partial charge in [-0.1, -0.05) is 60.7 Å². The molecule has 0 radical (unpaired) electrons. The fourth-order valence-electron chi connectivity index (χ4n) is 5.31. The quantitative estimate of drug-likeness (QED) is 0.239. The normalized spacial score (nSPS) is 15.3. The van der Waals surface area contributed by atoms with Crippen LogP contribution >= 0.6 is 0 Å². The van der Waals surface area contributed by atoms with Crippen LogP contribution in [0.4, 0.5) is 0 Å². The van der Waals surface area contributed by atoms with Crippen LogP contribution < -0.4 is 21.5 Å². The Morgan fingerprint density at radius 1 is 0.923 bits per heavy atom. The van der Waals surface area contributed by atoms with E-state index in [4.69, 9.17) is 16.2 Å². The minimum absolute atomic E-state index is 0.122. The smallest absolute Gasteiger partial charge is 0.272 e. The van der Waals surface area contributed by atoms with Gasteiger partial charge in [-0.3, -0.25) is 4.79 Å². The van der Waals surface area contributed by atoms with Crippen LogP contribution in [-0.2, 0) is 13.1 Å². The number of aromatic nitrogens is 1. The summed E-state index contributed by atoms with van der Waals surface area (Å²) in [4.78, 5) is 13.6. The van der Waals surface area contributed by atoms with Crippen LogP contribution in [0.1, 0.15) is 40.9 Å². The summed E-state index contributed by atoms with van der Waals surface area (Å²) in [5.74, 6) is 1.41. The van der Waals surface area contributed by atoms with Crippen molar-refractivity contribution in [3.8, 4) is 11.5 Å². The number of allylic oxidation sites excluding steroid dienone is 1. The standard InChI is InChI=1S/C33H32N4O2/c34-20-22-10-11-24-19-32(33(38)36-27-14-12-26(35)13-15-27)37(31(24)16-22)21-25-18-29(39-28-7-2-1-3-8-28)17-23-6-4-5-9-30(23)25/h1-11,14,16-19,26H,12-13,15,20-21,34-35H2,(H,36,38)/t26-/m0/s1. The molecule has 5 aromatic rings. The van der Waals surface area contributed by atoms with Crippen molar-refractivity contribution in [1.29, 1.82) is 0 Å². The van der Waals surface area contributed by atoms with E-state index in [1.54, 1.807) is 0 Å². The Hall–Kier alpha value is -4.39. The first-order valence-corrected chi connectivity index (χ1v) is 13.4. The van der Waals surface area contributed by atoms with E-state index in [1.807, 2.05) is 66.7 Å². The maximum atomic E-state index is 13.6. The first-order valence-electron chi connectivity index (χ1n) is 13.4. The first-order chi connectivity index (χ1) is 19.1. The lowest BCUT2D eigenvalue weighted by Gasteiger charge is -2.19. The van der Waals surface area contributed by atoms with Gasteiger partial charge in [-0.05, 0) is 77.6 Å². The number of benzene rings is 4. The summed E-state index contributed by atoms with van der Waals surface area (Å²) in [5.41, 5.74) is 16.6. The SMILES string of the molecule is NCc1ccc2cc(C(=O)NC3=CC[C@H](N)CC3)n(Cc3cc(Oc4ccccc4)cc4ccccc34)c2c1. The summed E-state index contributed by atoms with van der Waals surface area (Å²) >= 11 is 0. The molecular weight excluding hydrogens is 484 g/mol. The van der Waals surface area contributed by atoms with Gasteiger partial charge in [0.25, 0.3) is 5.91 Å². The highest BCUT2D eigenvalue weighted by Crippen LogP contribution is 2.31. The van der Waals surface area contributed by atoms with E-state index in [2.05, 4.69) is 40.2 Å². The molecule has 1 heterocycles. The number of nitrogens with one attached hydrogen (secondary N) is 1. The monoisotopic (exact) mass is 516 g/mol. The predicted octanol–water partition coefficient (Wildman–Crippen LogP) is 6.22. The van der Waals surface area contributed by atoms with Crippen LogP contribution in [-0.4, -0.2) is 16.5 Å². The summed E-state index contributed by atoms with van der Waals surface area (Å²) < 4.78 is 8.32. The number of amides is 1. The van der Waals surface area contributed by atoms with Crippen molar-refractivity contribution >= 4 is 27.6 Å². The third-order valence-corrected chi connectivity index (χ3v) is 7.39. The van der Waals surface area contributed by atoms with Crippen LogP contribution in [0.2, 0.25) is 0 Å². The fourth-order valence-corrected chi connectivity index (χ4v) is 5.31. The van der Waals surface area contributed by atoms with E-state index in [-0.39, 0.29) is 11.9 Å². The fraction of sp³-hybridized carbons (Fsp3) is 0.182. The van der Waals surface area contributed by atoms with Crippen molar-refractivity contribution in [2.45, 2.75) is 38.4 Å². The van der Waals surface area contributed by atoms with Gasteiger partial charge in [0.05, 0.1) is 0 Å². The van der Waals surface area contributed by atoms with E-state index >= 15 is 0 Å². The molecule has 196 valence electrons. The topological polar surface area (TPSA) is 95.3 Å². The predicted molar refractivity (Wildman–Crippen MR) is 157 cm³/mol. The molecule has 0 fully saturated rings. The number of para-hydroxylation sites is 1. The van der Waals surface area contributed by atoms with Gasteiger partial charge in [0.1, 0.15) is 17.2 Å². The van der Waals surface area contributed by atoms with Gasteiger partial charge in [-0.15, -0.1) is 0 Å². The van der Waals surface area contributed by atoms with Gasteiger partial charge in [-0.25, -0.2) is 0 Å². The summed E-state index contributed by atoms with van der Waals surface area (Å²) in [6.45, 7) is 0.926. The number of nitrogens with two attached hydrogens (primary N) is 2. The minimum atomic E-state index is -0.122.